The number of aryl methyl sites for hydroxylation is 1. The second-order valence-corrected chi connectivity index (χ2v) is 13.8. The lowest BCUT2D eigenvalue weighted by Crippen LogP contribution is -2.46. The maximum absolute atomic E-state index is 14.5. The molecular formula is C37H41Br2N5O4. The minimum atomic E-state index is -0.430. The number of carbonyl (C=O) groups excluding carboxylic acids is 3. The van der Waals surface area contributed by atoms with Gasteiger partial charge in [-0.1, -0.05) is 51.0 Å². The van der Waals surface area contributed by atoms with Gasteiger partial charge in [-0.25, -0.2) is 4.68 Å². The predicted octanol–water partition coefficient (Wildman–Crippen LogP) is 7.56. The Bertz CT molecular complexity index is 1800. The summed E-state index contributed by atoms with van der Waals surface area (Å²) in [4.78, 5) is 45.0. The number of carbonyl (C=O) groups is 3. The first-order valence-electron chi connectivity index (χ1n) is 16.4. The van der Waals surface area contributed by atoms with Crippen LogP contribution in [0, 0.1) is 6.92 Å². The summed E-state index contributed by atoms with van der Waals surface area (Å²) >= 11 is 6.89. The summed E-state index contributed by atoms with van der Waals surface area (Å²) in [6.07, 6.45) is 4.29. The third kappa shape index (κ3) is 7.90. The Balaban J connectivity index is 1.54. The lowest BCUT2D eigenvalue weighted by Gasteiger charge is -2.36. The van der Waals surface area contributed by atoms with Crippen LogP contribution in [-0.4, -0.2) is 68.1 Å². The fourth-order valence-electron chi connectivity index (χ4n) is 5.95. The fraction of sp³-hybridized carbons (Fsp3) is 0.351. The van der Waals surface area contributed by atoms with E-state index in [0.717, 1.165) is 45.8 Å². The number of nitrogens with zero attached hydrogens (tertiary/aromatic N) is 4. The smallest absolute Gasteiger partial charge is 0.274 e. The summed E-state index contributed by atoms with van der Waals surface area (Å²) in [5.74, 6) is -0.780. The highest BCUT2D eigenvalue weighted by molar-refractivity contribution is 9.13. The molecule has 0 bridgehead atoms. The zero-order valence-corrected chi connectivity index (χ0v) is 30.7. The predicted molar refractivity (Wildman–Crippen MR) is 195 cm³/mol. The highest BCUT2D eigenvalue weighted by atomic mass is 79.9. The van der Waals surface area contributed by atoms with Crippen molar-refractivity contribution in [2.45, 2.75) is 65.5 Å². The summed E-state index contributed by atoms with van der Waals surface area (Å²) in [5, 5.41) is 18.1. The monoisotopic (exact) mass is 777 g/mol. The average molecular weight is 780 g/mol. The van der Waals surface area contributed by atoms with E-state index in [4.69, 9.17) is 5.10 Å². The minimum absolute atomic E-state index is 0.135. The molecular weight excluding hydrogens is 738 g/mol. The number of unbranched alkanes of at least 4 members (excludes halogenated alkanes) is 2. The Morgan fingerprint density at radius 2 is 1.65 bits per heavy atom. The molecule has 48 heavy (non-hydrogen) atoms. The van der Waals surface area contributed by atoms with Gasteiger partial charge >= 0.3 is 0 Å². The number of hydrogen-bond donors (Lipinski definition) is 2. The van der Waals surface area contributed by atoms with Crippen molar-refractivity contribution in [1.29, 1.82) is 0 Å². The fourth-order valence-corrected chi connectivity index (χ4v) is 6.58. The van der Waals surface area contributed by atoms with E-state index in [1.54, 1.807) is 52.0 Å². The number of fused-ring (bicyclic) bond motifs is 1. The van der Waals surface area contributed by atoms with E-state index in [0.29, 0.717) is 59.9 Å². The summed E-state index contributed by atoms with van der Waals surface area (Å²) in [6.45, 7) is 7.51. The van der Waals surface area contributed by atoms with E-state index >= 15 is 0 Å². The van der Waals surface area contributed by atoms with E-state index in [-0.39, 0.29) is 24.3 Å². The normalized spacial score (nSPS) is 14.0. The third-order valence-electron chi connectivity index (χ3n) is 8.68. The highest BCUT2D eigenvalue weighted by Crippen LogP contribution is 2.30. The molecule has 1 aliphatic heterocycles. The molecule has 0 radical (unpaired) electrons. The van der Waals surface area contributed by atoms with Crippen LogP contribution >= 0.6 is 31.9 Å². The molecule has 0 unspecified atom stereocenters. The van der Waals surface area contributed by atoms with Crippen LogP contribution < -0.4 is 5.32 Å². The van der Waals surface area contributed by atoms with Gasteiger partial charge in [-0.05, 0) is 112 Å². The molecule has 1 atom stereocenters. The molecule has 0 saturated carbocycles. The Labute approximate surface area is 298 Å². The molecule has 2 N–H and O–H groups in total. The maximum atomic E-state index is 14.5. The van der Waals surface area contributed by atoms with Gasteiger partial charge in [0.05, 0.1) is 23.9 Å². The number of hydrogen-bond acceptors (Lipinski definition) is 5. The highest BCUT2D eigenvalue weighted by Gasteiger charge is 2.32. The first-order chi connectivity index (χ1) is 23.1. The molecule has 252 valence electrons. The molecule has 0 saturated heterocycles. The number of anilines is 1. The van der Waals surface area contributed by atoms with E-state index in [1.807, 2.05) is 36.1 Å². The first kappa shape index (κ1) is 35.5. The van der Waals surface area contributed by atoms with Crippen molar-refractivity contribution in [3.8, 4) is 5.69 Å². The van der Waals surface area contributed by atoms with Crippen molar-refractivity contribution in [2.75, 3.05) is 25.0 Å². The summed E-state index contributed by atoms with van der Waals surface area (Å²) < 4.78 is 3.19. The molecule has 4 aromatic rings. The van der Waals surface area contributed by atoms with Crippen molar-refractivity contribution in [1.82, 2.24) is 19.6 Å². The minimum Gasteiger partial charge on any atom is -0.394 e. The molecule has 1 aromatic heterocycles. The van der Waals surface area contributed by atoms with Crippen LogP contribution in [0.1, 0.15) is 87.6 Å². The molecule has 2 heterocycles. The molecule has 0 fully saturated rings. The van der Waals surface area contributed by atoms with Crippen molar-refractivity contribution in [3.63, 3.8) is 0 Å². The van der Waals surface area contributed by atoms with Crippen LogP contribution in [0.3, 0.4) is 0 Å². The van der Waals surface area contributed by atoms with Gasteiger partial charge in [-0.2, -0.15) is 5.10 Å². The Hall–Kier alpha value is -3.80. The van der Waals surface area contributed by atoms with Gasteiger partial charge in [0.25, 0.3) is 17.7 Å². The Morgan fingerprint density at radius 1 is 0.938 bits per heavy atom. The number of aromatic nitrogens is 2. The summed E-state index contributed by atoms with van der Waals surface area (Å²) in [5.41, 5.74) is 4.77. The quantitative estimate of drug-likeness (QED) is 0.155. The summed E-state index contributed by atoms with van der Waals surface area (Å²) in [7, 11) is 0. The number of benzene rings is 3. The molecule has 11 heteroatoms. The number of halogens is 2. The number of nitrogens with one attached hydrogen (secondary N) is 1. The molecule has 5 rings (SSSR count). The van der Waals surface area contributed by atoms with Crippen molar-refractivity contribution < 1.29 is 19.5 Å². The van der Waals surface area contributed by atoms with Crippen molar-refractivity contribution >= 4 is 55.3 Å². The molecule has 3 aromatic carbocycles. The topological polar surface area (TPSA) is 108 Å². The van der Waals surface area contributed by atoms with Crippen LogP contribution in [0.15, 0.2) is 75.7 Å². The summed E-state index contributed by atoms with van der Waals surface area (Å²) in [6, 6.07) is 19.6. The largest absolute Gasteiger partial charge is 0.394 e. The molecule has 1 aliphatic rings. The second-order valence-electron chi connectivity index (χ2n) is 12.1. The van der Waals surface area contributed by atoms with Crippen LogP contribution in [-0.2, 0) is 13.0 Å². The number of amides is 3. The average Bonchev–Trinajstić information content (AvgIpc) is 3.49. The first-order valence-corrected chi connectivity index (χ1v) is 18.0. The van der Waals surface area contributed by atoms with Gasteiger partial charge in [0.2, 0.25) is 0 Å². The Morgan fingerprint density at radius 3 is 2.31 bits per heavy atom. The van der Waals surface area contributed by atoms with E-state index < -0.39 is 6.04 Å². The van der Waals surface area contributed by atoms with Crippen LogP contribution in [0.2, 0.25) is 0 Å². The van der Waals surface area contributed by atoms with Crippen molar-refractivity contribution in [2.24, 2.45) is 0 Å². The van der Waals surface area contributed by atoms with Crippen LogP contribution in [0.5, 0.6) is 0 Å². The Kier molecular flexibility index (Phi) is 11.9. The lowest BCUT2D eigenvalue weighted by atomic mass is 9.93. The molecule has 0 aliphatic carbocycles. The third-order valence-corrected chi connectivity index (χ3v) is 10.6. The maximum Gasteiger partial charge on any atom is 0.274 e. The van der Waals surface area contributed by atoms with Gasteiger partial charge in [-0.15, -0.1) is 0 Å². The van der Waals surface area contributed by atoms with Crippen molar-refractivity contribution in [3.05, 3.63) is 109 Å². The van der Waals surface area contributed by atoms with Crippen LogP contribution in [0.25, 0.3) is 5.69 Å². The second kappa shape index (κ2) is 16.1. The van der Waals surface area contributed by atoms with Gasteiger partial charge in [0.1, 0.15) is 0 Å². The van der Waals surface area contributed by atoms with E-state index in [9.17, 15) is 19.5 Å². The van der Waals surface area contributed by atoms with E-state index in [2.05, 4.69) is 51.0 Å². The van der Waals surface area contributed by atoms with Gasteiger partial charge < -0.3 is 20.2 Å². The number of aliphatic hydroxyl groups excluding tert-OH is 1. The van der Waals surface area contributed by atoms with Crippen LogP contribution in [0.4, 0.5) is 5.69 Å². The van der Waals surface area contributed by atoms with Gasteiger partial charge in [0, 0.05) is 45.5 Å². The van der Waals surface area contributed by atoms with Gasteiger partial charge in [0.15, 0.2) is 5.69 Å². The zero-order chi connectivity index (χ0) is 34.4. The number of rotatable bonds is 12. The number of aliphatic hydroxyl groups is 1. The standard InChI is InChI=1S/C37H41Br2N5O4/c1-4-6-16-42(17-7-5-2)37(48)33-18-24(3)44(41-33)34-15-13-28(40-35(46)26-12-14-31(38)32(39)20-26)21-30(34)36(47)43-22-27-11-9-8-10-25(27)19-29(43)23-45/h8-15,18,20-21,29,45H,4-7,16-17,19,22-23H2,1-3H3,(H,40,46)/t29-/m0/s1. The van der Waals surface area contributed by atoms with Gasteiger partial charge in [-0.3, -0.25) is 14.4 Å². The SMILES string of the molecule is CCCCN(CCCC)C(=O)c1cc(C)n(-c2ccc(NC(=O)c3ccc(Br)c(Br)c3)cc2C(=O)N2Cc3ccccc3C[C@H]2CO)n1. The molecule has 0 spiro atoms. The lowest BCUT2D eigenvalue weighted by molar-refractivity contribution is 0.0544. The zero-order valence-electron chi connectivity index (χ0n) is 27.5. The van der Waals surface area contributed by atoms with E-state index in [1.165, 1.54) is 0 Å². The molecule has 3 amide bonds. The molecule has 9 nitrogen and oxygen atoms in total.